The van der Waals surface area contributed by atoms with Gasteiger partial charge in [0.05, 0.1) is 0 Å². The summed E-state index contributed by atoms with van der Waals surface area (Å²) in [5, 5.41) is 0. The van der Waals surface area contributed by atoms with Crippen LogP contribution >= 0.6 is 19.8 Å². The van der Waals surface area contributed by atoms with Crippen LogP contribution in [0, 0.1) is 0 Å². The molecule has 0 unspecified atom stereocenters. The van der Waals surface area contributed by atoms with E-state index in [-0.39, 0.29) is 132 Å². The third-order valence-electron chi connectivity index (χ3n) is 0. The Balaban J connectivity index is 0. The monoisotopic (exact) mass is 348 g/mol. The second-order valence-corrected chi connectivity index (χ2v) is 0. The van der Waals surface area contributed by atoms with Gasteiger partial charge >= 0.3 is 34.7 Å². The summed E-state index contributed by atoms with van der Waals surface area (Å²) in [6.45, 7) is 0. The first-order valence-electron chi connectivity index (χ1n) is 0. The predicted molar refractivity (Wildman–Crippen MR) is 38.9 cm³/mol. The van der Waals surface area contributed by atoms with E-state index in [1.165, 1.54) is 0 Å². The Bertz CT molecular complexity index is 25.3. The molecular weight excluding hydrogens is 351 g/mol. The summed E-state index contributed by atoms with van der Waals surface area (Å²) in [5.41, 5.74) is 0. The molecule has 0 aliphatic heterocycles. The molecule has 0 N–H and O–H groups in total. The fourth-order valence-electron chi connectivity index (χ4n) is 0. The normalized spacial score (nSPS) is 0. The molecule has 14 radical (unpaired) electrons. The van der Waals surface area contributed by atoms with E-state index in [1.807, 2.05) is 0 Å². The molecule has 0 bridgehead atoms. The third-order valence-corrected chi connectivity index (χ3v) is 0. The topological polar surface area (TPSA) is 85.5 Å². The largest absolute Gasteiger partial charge is 3.00 e. The Labute approximate surface area is 130 Å². The molecule has 0 heterocycles. The van der Waals surface area contributed by atoms with E-state index in [9.17, 15) is 0 Å². The van der Waals surface area contributed by atoms with Crippen LogP contribution in [0.25, 0.3) is 0 Å². The van der Waals surface area contributed by atoms with Crippen molar-refractivity contribution < 1.29 is 55.4 Å². The molecule has 0 aliphatic carbocycles. The van der Waals surface area contributed by atoms with Gasteiger partial charge < -0.3 is 16.4 Å². The van der Waals surface area contributed by atoms with Crippen LogP contribution in [0.3, 0.4) is 0 Å². The summed E-state index contributed by atoms with van der Waals surface area (Å²) in [6, 6.07) is 0. The minimum Gasteiger partial charge on any atom is -2.00 e. The molecule has 0 atom stereocenters. The van der Waals surface area contributed by atoms with E-state index in [0.29, 0.717) is 0 Å². The molecule has 0 amide bonds. The Kier molecular flexibility index (Phi) is 3410. The molecule has 0 saturated carbocycles. The molecule has 0 fully saturated rings. The smallest absolute Gasteiger partial charge is 2.00 e. The first kappa shape index (κ1) is 217. The second-order valence-electron chi connectivity index (χ2n) is 0. The van der Waals surface area contributed by atoms with Crippen LogP contribution in [0.5, 0.6) is 0 Å². The molecule has 11 heteroatoms. The van der Waals surface area contributed by atoms with E-state index in [4.69, 9.17) is 0 Å². The van der Waals surface area contributed by atoms with Crippen molar-refractivity contribution >= 4 is 76.5 Å². The molecule has 11 heavy (non-hydrogen) atoms. The zero-order valence-electron chi connectivity index (χ0n) is 5.69. The van der Waals surface area contributed by atoms with Crippen molar-refractivity contribution in [3.8, 4) is 0 Å². The van der Waals surface area contributed by atoms with Gasteiger partial charge in [0.15, 0.2) is 0 Å². The van der Waals surface area contributed by atoms with Crippen LogP contribution in [-0.4, -0.2) is 56.7 Å². The Hall–Kier alpha value is 3.49. The Morgan fingerprint density at radius 3 is 0.455 bits per heavy atom. The molecule has 3 nitrogen and oxygen atoms in total. The summed E-state index contributed by atoms with van der Waals surface area (Å²) in [6.07, 6.45) is 0. The van der Waals surface area contributed by atoms with E-state index in [1.54, 1.807) is 0 Å². The molecule has 46 valence electrons. The zero-order chi connectivity index (χ0) is 0. The van der Waals surface area contributed by atoms with Crippen LogP contribution in [0.4, 0.5) is 0 Å². The van der Waals surface area contributed by atoms with Crippen molar-refractivity contribution in [3.63, 3.8) is 0 Å². The predicted octanol–water partition coefficient (Wildman–Crippen LogP) is -0.162. The van der Waals surface area contributed by atoms with E-state index >= 15 is 0 Å². The molecule has 0 aromatic rings. The van der Waals surface area contributed by atoms with Gasteiger partial charge in [0.2, 0.25) is 0 Å². The summed E-state index contributed by atoms with van der Waals surface area (Å²) < 4.78 is 0. The summed E-state index contributed by atoms with van der Waals surface area (Å²) in [7, 11) is 0. The SMILES string of the molecule is [Al+3].[Al+3].[O-2].[O-2].[O-2].[P].[P].[Si].[Si].[Zn].[Zn]. The van der Waals surface area contributed by atoms with Gasteiger partial charge in [0.1, 0.15) is 0 Å². The van der Waals surface area contributed by atoms with Crippen LogP contribution < -0.4 is 0 Å². The van der Waals surface area contributed by atoms with Crippen molar-refractivity contribution in [1.29, 1.82) is 0 Å². The number of hydrogen-bond donors (Lipinski definition) is 0. The zero-order valence-corrected chi connectivity index (χ0v) is 17.7. The van der Waals surface area contributed by atoms with Crippen molar-refractivity contribution in [2.24, 2.45) is 0 Å². The summed E-state index contributed by atoms with van der Waals surface area (Å²) in [5.74, 6) is 0. The molecule has 0 aliphatic rings. The summed E-state index contributed by atoms with van der Waals surface area (Å²) in [4.78, 5) is 0. The average Bonchev–Trinajstić information content (AvgIpc) is 0. The van der Waals surface area contributed by atoms with E-state index in [0.717, 1.165) is 0 Å². The molecule has 0 saturated heterocycles. The Morgan fingerprint density at radius 2 is 0.455 bits per heavy atom. The van der Waals surface area contributed by atoms with Crippen molar-refractivity contribution in [3.05, 3.63) is 0 Å². The summed E-state index contributed by atoms with van der Waals surface area (Å²) >= 11 is 0. The first-order chi connectivity index (χ1) is 0. The maximum Gasteiger partial charge on any atom is 3.00 e. The van der Waals surface area contributed by atoms with E-state index < -0.39 is 0 Å². The maximum absolute atomic E-state index is 0. The van der Waals surface area contributed by atoms with Crippen LogP contribution in [-0.2, 0) is 55.4 Å². The van der Waals surface area contributed by atoms with Gasteiger partial charge in [-0.25, -0.2) is 0 Å². The van der Waals surface area contributed by atoms with Gasteiger partial charge in [-0.05, 0) is 0 Å². The van der Waals surface area contributed by atoms with Gasteiger partial charge in [0.25, 0.3) is 0 Å². The molecule has 0 aromatic carbocycles. The van der Waals surface area contributed by atoms with Crippen molar-refractivity contribution in [2.75, 3.05) is 0 Å². The maximum atomic E-state index is 0. The minimum absolute atomic E-state index is 0. The number of rotatable bonds is 0. The van der Waals surface area contributed by atoms with Crippen LogP contribution in [0.1, 0.15) is 0 Å². The quantitative estimate of drug-likeness (QED) is 0.429. The Morgan fingerprint density at radius 1 is 0.455 bits per heavy atom. The molecule has 0 aromatic heterocycles. The van der Waals surface area contributed by atoms with Crippen LogP contribution in [0.2, 0.25) is 0 Å². The van der Waals surface area contributed by atoms with Crippen LogP contribution in [0.15, 0.2) is 0 Å². The molecule has 0 spiro atoms. The fourth-order valence-corrected chi connectivity index (χ4v) is 0. The van der Waals surface area contributed by atoms with Gasteiger partial charge in [-0.15, -0.1) is 0 Å². The molecule has 0 rings (SSSR count). The first-order valence-corrected chi connectivity index (χ1v) is 0. The fraction of sp³-hybridized carbons (Fsp3) is 0. The van der Waals surface area contributed by atoms with Gasteiger partial charge in [-0.3, -0.25) is 0 Å². The van der Waals surface area contributed by atoms with Gasteiger partial charge in [-0.1, -0.05) is 0 Å². The van der Waals surface area contributed by atoms with Gasteiger partial charge in [0, 0.05) is 80.7 Å². The van der Waals surface area contributed by atoms with Crippen molar-refractivity contribution in [1.82, 2.24) is 0 Å². The van der Waals surface area contributed by atoms with Crippen molar-refractivity contribution in [2.45, 2.75) is 0 Å². The number of hydrogen-bond acceptors (Lipinski definition) is 0. The minimum atomic E-state index is 0. The third kappa shape index (κ3) is 146. The standard InChI is InChI=1S/2Al.3O.2P.2Si.2Zn/q2*+3;3*-2;;;;;;. The average molecular weight is 351 g/mol. The molecular formula is Al2O3P2Si2Zn2. The van der Waals surface area contributed by atoms with Gasteiger partial charge in [-0.2, -0.15) is 0 Å². The second kappa shape index (κ2) is 173. The van der Waals surface area contributed by atoms with E-state index in [2.05, 4.69) is 0 Å².